The Balaban J connectivity index is 1.77. The molecule has 2 N–H and O–H groups in total. The summed E-state index contributed by atoms with van der Waals surface area (Å²) >= 11 is 1.73. The van der Waals surface area contributed by atoms with Gasteiger partial charge in [0.05, 0.1) is 0 Å². The van der Waals surface area contributed by atoms with Gasteiger partial charge in [0.15, 0.2) is 5.13 Å². The van der Waals surface area contributed by atoms with Crippen LogP contribution < -0.4 is 10.6 Å². The highest BCUT2D eigenvalue weighted by Gasteiger charge is 2.23. The topological polar surface area (TPSA) is 45.4 Å². The molecule has 1 atom stereocenters. The average Bonchev–Trinajstić information content (AvgIpc) is 2.98. The zero-order chi connectivity index (χ0) is 13.5. The lowest BCUT2D eigenvalue weighted by molar-refractivity contribution is 0.177. The van der Waals surface area contributed by atoms with E-state index in [1.54, 1.807) is 11.3 Å². The second-order valence-electron chi connectivity index (χ2n) is 5.22. The lowest BCUT2D eigenvalue weighted by atomic mass is 10.1. The molecule has 1 aliphatic rings. The first-order valence-electron chi connectivity index (χ1n) is 7.43. The van der Waals surface area contributed by atoms with E-state index in [2.05, 4.69) is 27.1 Å². The normalized spacial score (nSPS) is 18.7. The Morgan fingerprint density at radius 1 is 1.32 bits per heavy atom. The van der Waals surface area contributed by atoms with E-state index in [0.717, 1.165) is 37.9 Å². The third-order valence-electron chi connectivity index (χ3n) is 3.93. The Kier molecular flexibility index (Phi) is 6.07. The van der Waals surface area contributed by atoms with Crippen molar-refractivity contribution >= 4 is 16.5 Å². The van der Waals surface area contributed by atoms with Crippen LogP contribution in [0.5, 0.6) is 0 Å². The van der Waals surface area contributed by atoms with Gasteiger partial charge in [0, 0.05) is 50.3 Å². The van der Waals surface area contributed by atoms with Crippen LogP contribution in [0, 0.1) is 0 Å². The summed E-state index contributed by atoms with van der Waals surface area (Å²) in [5, 5.41) is 3.21. The summed E-state index contributed by atoms with van der Waals surface area (Å²) in [5.41, 5.74) is 5.95. The first-order chi connectivity index (χ1) is 9.35. The van der Waals surface area contributed by atoms with E-state index in [0.29, 0.717) is 6.04 Å². The van der Waals surface area contributed by atoms with Crippen molar-refractivity contribution < 1.29 is 0 Å². The molecule has 0 aromatic carbocycles. The van der Waals surface area contributed by atoms with Gasteiger partial charge in [-0.2, -0.15) is 0 Å². The molecule has 4 nitrogen and oxygen atoms in total. The molecule has 1 aromatic rings. The van der Waals surface area contributed by atoms with E-state index in [1.807, 2.05) is 6.20 Å². The minimum absolute atomic E-state index is 0.574. The minimum atomic E-state index is 0.574. The second kappa shape index (κ2) is 7.82. The smallest absolute Gasteiger partial charge is 0.185 e. The molecule has 19 heavy (non-hydrogen) atoms. The van der Waals surface area contributed by atoms with Gasteiger partial charge in [0.25, 0.3) is 0 Å². The van der Waals surface area contributed by atoms with Crippen LogP contribution in [0.1, 0.15) is 32.6 Å². The summed E-state index contributed by atoms with van der Waals surface area (Å²) in [7, 11) is 0. The van der Waals surface area contributed by atoms with E-state index in [9.17, 15) is 0 Å². The zero-order valence-corrected chi connectivity index (χ0v) is 12.7. The first-order valence-corrected chi connectivity index (χ1v) is 8.31. The number of nitrogens with two attached hydrogens (primary N) is 1. The number of hydrogen-bond acceptors (Lipinski definition) is 5. The average molecular weight is 282 g/mol. The Morgan fingerprint density at radius 2 is 2.11 bits per heavy atom. The van der Waals surface area contributed by atoms with Crippen LogP contribution in [0.2, 0.25) is 0 Å². The van der Waals surface area contributed by atoms with Crippen LogP contribution in [-0.2, 0) is 0 Å². The zero-order valence-electron chi connectivity index (χ0n) is 11.9. The maximum Gasteiger partial charge on any atom is 0.185 e. The minimum Gasteiger partial charge on any atom is -0.346 e. The second-order valence-corrected chi connectivity index (χ2v) is 6.10. The van der Waals surface area contributed by atoms with Crippen molar-refractivity contribution in [3.63, 3.8) is 0 Å². The molecule has 1 saturated heterocycles. The number of hydrogen-bond donors (Lipinski definition) is 1. The van der Waals surface area contributed by atoms with Crippen molar-refractivity contribution in [2.24, 2.45) is 5.73 Å². The molecule has 1 unspecified atom stereocenters. The van der Waals surface area contributed by atoms with Crippen LogP contribution in [0.15, 0.2) is 11.6 Å². The van der Waals surface area contributed by atoms with Crippen LogP contribution in [0.3, 0.4) is 0 Å². The van der Waals surface area contributed by atoms with Gasteiger partial charge in [-0.3, -0.25) is 4.90 Å². The van der Waals surface area contributed by atoms with Crippen LogP contribution in [-0.4, -0.2) is 48.6 Å². The molecule has 0 saturated carbocycles. The predicted octanol–water partition coefficient (Wildman–Crippen LogP) is 2.17. The molecule has 1 aromatic heterocycles. The van der Waals surface area contributed by atoms with Crippen LogP contribution in [0.25, 0.3) is 0 Å². The third-order valence-corrected chi connectivity index (χ3v) is 4.77. The van der Waals surface area contributed by atoms with E-state index in [-0.39, 0.29) is 0 Å². The highest BCUT2D eigenvalue weighted by molar-refractivity contribution is 7.13. The van der Waals surface area contributed by atoms with Gasteiger partial charge in [0.2, 0.25) is 0 Å². The Bertz CT molecular complexity index is 333. The molecule has 2 rings (SSSR count). The standard InChI is InChI=1S/C14H26N4S/c1-2-3-4-5-13(12-15)17-7-9-18(10-8-17)14-16-6-11-19-14/h6,11,13H,2-5,7-10,12,15H2,1H3. The fourth-order valence-electron chi connectivity index (χ4n) is 2.73. The number of thiazole rings is 1. The largest absolute Gasteiger partial charge is 0.346 e. The highest BCUT2D eigenvalue weighted by Crippen LogP contribution is 2.20. The molecule has 0 radical (unpaired) electrons. The molecule has 1 aliphatic heterocycles. The Labute approximate surface area is 120 Å². The van der Waals surface area contributed by atoms with Gasteiger partial charge in [-0.1, -0.05) is 26.2 Å². The van der Waals surface area contributed by atoms with Gasteiger partial charge in [0.1, 0.15) is 0 Å². The quantitative estimate of drug-likeness (QED) is 0.779. The number of anilines is 1. The first kappa shape index (κ1) is 14.8. The summed E-state index contributed by atoms with van der Waals surface area (Å²) in [4.78, 5) is 9.35. The number of aromatic nitrogens is 1. The van der Waals surface area contributed by atoms with E-state index in [1.165, 1.54) is 25.7 Å². The third kappa shape index (κ3) is 4.16. The lowest BCUT2D eigenvalue weighted by Gasteiger charge is -2.39. The maximum atomic E-state index is 5.95. The van der Waals surface area contributed by atoms with Gasteiger partial charge in [-0.15, -0.1) is 11.3 Å². The summed E-state index contributed by atoms with van der Waals surface area (Å²) in [5.74, 6) is 0. The fourth-order valence-corrected chi connectivity index (χ4v) is 3.43. The molecule has 1 fully saturated rings. The number of nitrogens with zero attached hydrogens (tertiary/aromatic N) is 3. The number of unbranched alkanes of at least 4 members (excludes halogenated alkanes) is 2. The van der Waals surface area contributed by atoms with E-state index >= 15 is 0 Å². The van der Waals surface area contributed by atoms with Crippen molar-refractivity contribution in [3.05, 3.63) is 11.6 Å². The van der Waals surface area contributed by atoms with Crippen LogP contribution >= 0.6 is 11.3 Å². The number of piperazine rings is 1. The fraction of sp³-hybridized carbons (Fsp3) is 0.786. The Morgan fingerprint density at radius 3 is 2.68 bits per heavy atom. The molecule has 0 bridgehead atoms. The molecule has 5 heteroatoms. The van der Waals surface area contributed by atoms with Gasteiger partial charge >= 0.3 is 0 Å². The predicted molar refractivity (Wildman–Crippen MR) is 82.9 cm³/mol. The van der Waals surface area contributed by atoms with Crippen molar-refractivity contribution in [1.82, 2.24) is 9.88 Å². The molecule has 0 amide bonds. The number of rotatable bonds is 7. The van der Waals surface area contributed by atoms with Gasteiger partial charge in [-0.25, -0.2) is 4.98 Å². The molecule has 0 spiro atoms. The van der Waals surface area contributed by atoms with Gasteiger partial charge < -0.3 is 10.6 Å². The SMILES string of the molecule is CCCCCC(CN)N1CCN(c2nccs2)CC1. The maximum absolute atomic E-state index is 5.95. The van der Waals surface area contributed by atoms with Crippen molar-refractivity contribution in [2.75, 3.05) is 37.6 Å². The monoisotopic (exact) mass is 282 g/mol. The van der Waals surface area contributed by atoms with Crippen molar-refractivity contribution in [1.29, 1.82) is 0 Å². The molecular weight excluding hydrogens is 256 g/mol. The summed E-state index contributed by atoms with van der Waals surface area (Å²) < 4.78 is 0. The van der Waals surface area contributed by atoms with Crippen molar-refractivity contribution in [2.45, 2.75) is 38.6 Å². The van der Waals surface area contributed by atoms with E-state index in [4.69, 9.17) is 5.73 Å². The Hall–Kier alpha value is -0.650. The van der Waals surface area contributed by atoms with Gasteiger partial charge in [-0.05, 0) is 6.42 Å². The van der Waals surface area contributed by atoms with Crippen LogP contribution in [0.4, 0.5) is 5.13 Å². The molecule has 2 heterocycles. The summed E-state index contributed by atoms with van der Waals surface area (Å²) in [6, 6.07) is 0.574. The highest BCUT2D eigenvalue weighted by atomic mass is 32.1. The molecular formula is C14H26N4S. The van der Waals surface area contributed by atoms with Crippen molar-refractivity contribution in [3.8, 4) is 0 Å². The summed E-state index contributed by atoms with van der Waals surface area (Å²) in [6.45, 7) is 7.45. The molecule has 0 aliphatic carbocycles. The molecule has 108 valence electrons. The lowest BCUT2D eigenvalue weighted by Crippen LogP contribution is -2.52. The summed E-state index contributed by atoms with van der Waals surface area (Å²) in [6.07, 6.45) is 7.07. The van der Waals surface area contributed by atoms with E-state index < -0.39 is 0 Å².